The third kappa shape index (κ3) is 6.22. The van der Waals surface area contributed by atoms with Gasteiger partial charge in [-0.1, -0.05) is 32.1 Å². The van der Waals surface area contributed by atoms with Gasteiger partial charge in [0.05, 0.1) is 0 Å². The van der Waals surface area contributed by atoms with Crippen molar-refractivity contribution in [2.45, 2.75) is 69.9 Å². The van der Waals surface area contributed by atoms with Crippen molar-refractivity contribution in [2.75, 3.05) is 27.7 Å². The highest BCUT2D eigenvalue weighted by Gasteiger charge is 2.25. The number of rotatable bonds is 5. The van der Waals surface area contributed by atoms with Crippen molar-refractivity contribution in [3.63, 3.8) is 0 Å². The quantitative estimate of drug-likeness (QED) is 0.406. The van der Waals surface area contributed by atoms with Crippen molar-refractivity contribution in [1.82, 2.24) is 15.5 Å². The summed E-state index contributed by atoms with van der Waals surface area (Å²) in [5.41, 5.74) is 0. The first-order valence-corrected chi connectivity index (χ1v) is 8.84. The van der Waals surface area contributed by atoms with E-state index in [1.54, 1.807) is 0 Å². The Labute approximate surface area is 153 Å². The van der Waals surface area contributed by atoms with E-state index in [0.717, 1.165) is 18.4 Å². The van der Waals surface area contributed by atoms with Gasteiger partial charge in [0.15, 0.2) is 5.96 Å². The van der Waals surface area contributed by atoms with Crippen LogP contribution < -0.4 is 10.6 Å². The largest absolute Gasteiger partial charge is 0.355 e. The molecule has 1 atom stereocenters. The Hall–Kier alpha value is -0.0400. The topological polar surface area (TPSA) is 39.7 Å². The fourth-order valence-electron chi connectivity index (χ4n) is 3.95. The molecular weight excluding hydrogens is 387 g/mol. The van der Waals surface area contributed by atoms with E-state index in [1.807, 2.05) is 7.05 Å². The van der Waals surface area contributed by atoms with Crippen LogP contribution in [0.25, 0.3) is 0 Å². The molecular formula is C17H35IN4. The molecule has 2 aliphatic carbocycles. The normalized spacial score (nSPS) is 22.5. The zero-order valence-electron chi connectivity index (χ0n) is 14.6. The zero-order valence-corrected chi connectivity index (χ0v) is 16.9. The number of hydrogen-bond donors (Lipinski definition) is 2. The molecule has 2 aliphatic rings. The molecule has 130 valence electrons. The van der Waals surface area contributed by atoms with E-state index in [1.165, 1.54) is 57.8 Å². The minimum Gasteiger partial charge on any atom is -0.355 e. The lowest BCUT2D eigenvalue weighted by Gasteiger charge is -2.35. The van der Waals surface area contributed by atoms with Crippen LogP contribution in [0.3, 0.4) is 0 Å². The molecule has 0 saturated heterocycles. The van der Waals surface area contributed by atoms with Crippen LogP contribution in [0, 0.1) is 5.92 Å². The Morgan fingerprint density at radius 1 is 1.05 bits per heavy atom. The Morgan fingerprint density at radius 2 is 1.64 bits per heavy atom. The van der Waals surface area contributed by atoms with Gasteiger partial charge < -0.3 is 15.5 Å². The summed E-state index contributed by atoms with van der Waals surface area (Å²) in [6, 6.07) is 1.25. The van der Waals surface area contributed by atoms with Crippen LogP contribution in [0.15, 0.2) is 4.99 Å². The van der Waals surface area contributed by atoms with E-state index in [2.05, 4.69) is 34.6 Å². The molecule has 2 N–H and O–H groups in total. The standard InChI is InChI=1S/C17H34N4.HI/c1-18-17(20-15-11-7-8-12-15)19-13-16(21(2)3)14-9-5-4-6-10-14;/h14-16H,4-13H2,1-3H3,(H2,18,19,20);1H. The molecule has 0 aromatic rings. The van der Waals surface area contributed by atoms with Crippen molar-refractivity contribution in [3.05, 3.63) is 0 Å². The third-order valence-corrected chi connectivity index (χ3v) is 5.26. The summed E-state index contributed by atoms with van der Waals surface area (Å²) in [4.78, 5) is 6.80. The summed E-state index contributed by atoms with van der Waals surface area (Å²) in [6.45, 7) is 1.00. The van der Waals surface area contributed by atoms with E-state index < -0.39 is 0 Å². The molecule has 0 spiro atoms. The summed E-state index contributed by atoms with van der Waals surface area (Å²) in [6.07, 6.45) is 12.3. The van der Waals surface area contributed by atoms with Crippen LogP contribution in [0.2, 0.25) is 0 Å². The Kier molecular flexibility index (Phi) is 9.71. The number of nitrogens with one attached hydrogen (secondary N) is 2. The van der Waals surface area contributed by atoms with E-state index in [4.69, 9.17) is 0 Å². The SMILES string of the molecule is CN=C(NCC(C1CCCCC1)N(C)C)NC1CCCC1.I. The molecule has 2 rings (SSSR count). The molecule has 0 radical (unpaired) electrons. The van der Waals surface area contributed by atoms with Gasteiger partial charge in [-0.05, 0) is 45.7 Å². The monoisotopic (exact) mass is 422 g/mol. The van der Waals surface area contributed by atoms with Gasteiger partial charge in [0.2, 0.25) is 0 Å². The molecule has 2 fully saturated rings. The van der Waals surface area contributed by atoms with Crippen LogP contribution in [0.1, 0.15) is 57.8 Å². The summed E-state index contributed by atoms with van der Waals surface area (Å²) >= 11 is 0. The molecule has 0 aliphatic heterocycles. The van der Waals surface area contributed by atoms with Crippen molar-refractivity contribution in [3.8, 4) is 0 Å². The van der Waals surface area contributed by atoms with E-state index in [9.17, 15) is 0 Å². The lowest BCUT2D eigenvalue weighted by atomic mass is 9.83. The second-order valence-electron chi connectivity index (χ2n) is 7.01. The molecule has 22 heavy (non-hydrogen) atoms. The molecule has 0 aromatic carbocycles. The van der Waals surface area contributed by atoms with Gasteiger partial charge in [0.25, 0.3) is 0 Å². The number of nitrogens with zero attached hydrogens (tertiary/aromatic N) is 2. The van der Waals surface area contributed by atoms with Gasteiger partial charge in [0.1, 0.15) is 0 Å². The molecule has 1 unspecified atom stereocenters. The maximum Gasteiger partial charge on any atom is 0.191 e. The third-order valence-electron chi connectivity index (χ3n) is 5.26. The maximum absolute atomic E-state index is 4.40. The first-order chi connectivity index (χ1) is 10.2. The fraction of sp³-hybridized carbons (Fsp3) is 0.941. The average molecular weight is 422 g/mol. The highest BCUT2D eigenvalue weighted by Crippen LogP contribution is 2.28. The minimum atomic E-state index is 0. The minimum absolute atomic E-state index is 0. The van der Waals surface area contributed by atoms with Crippen molar-refractivity contribution in [2.24, 2.45) is 10.9 Å². The van der Waals surface area contributed by atoms with Crippen molar-refractivity contribution < 1.29 is 0 Å². The van der Waals surface area contributed by atoms with Crippen LogP contribution >= 0.6 is 24.0 Å². The second-order valence-corrected chi connectivity index (χ2v) is 7.01. The van der Waals surface area contributed by atoms with Crippen molar-refractivity contribution >= 4 is 29.9 Å². The predicted octanol–water partition coefficient (Wildman–Crippen LogP) is 3.22. The second kappa shape index (κ2) is 10.7. The molecule has 2 saturated carbocycles. The lowest BCUT2D eigenvalue weighted by Crippen LogP contribution is -2.50. The highest BCUT2D eigenvalue weighted by molar-refractivity contribution is 14.0. The maximum atomic E-state index is 4.40. The summed E-state index contributed by atoms with van der Waals surface area (Å²) < 4.78 is 0. The molecule has 4 nitrogen and oxygen atoms in total. The Morgan fingerprint density at radius 3 is 2.18 bits per heavy atom. The summed E-state index contributed by atoms with van der Waals surface area (Å²) in [7, 11) is 6.32. The number of likely N-dealkylation sites (N-methyl/N-ethyl adjacent to an activating group) is 1. The molecule has 0 amide bonds. The van der Waals surface area contributed by atoms with Crippen LogP contribution in [-0.2, 0) is 0 Å². The molecule has 0 aromatic heterocycles. The smallest absolute Gasteiger partial charge is 0.191 e. The first kappa shape index (κ1) is 20.0. The van der Waals surface area contributed by atoms with E-state index in [0.29, 0.717) is 12.1 Å². The first-order valence-electron chi connectivity index (χ1n) is 8.84. The zero-order chi connectivity index (χ0) is 15.1. The number of aliphatic imine (C=N–C) groups is 1. The van der Waals surface area contributed by atoms with Gasteiger partial charge >= 0.3 is 0 Å². The average Bonchev–Trinajstić information content (AvgIpc) is 3.00. The van der Waals surface area contributed by atoms with E-state index >= 15 is 0 Å². The predicted molar refractivity (Wildman–Crippen MR) is 106 cm³/mol. The van der Waals surface area contributed by atoms with Gasteiger partial charge in [-0.25, -0.2) is 0 Å². The Balaban J connectivity index is 0.00000242. The van der Waals surface area contributed by atoms with Crippen molar-refractivity contribution in [1.29, 1.82) is 0 Å². The molecule has 0 heterocycles. The highest BCUT2D eigenvalue weighted by atomic mass is 127. The van der Waals surface area contributed by atoms with Gasteiger partial charge in [0, 0.05) is 25.7 Å². The Bertz CT molecular complexity index is 321. The molecule has 0 bridgehead atoms. The summed E-state index contributed by atoms with van der Waals surface area (Å²) in [5, 5.41) is 7.16. The van der Waals surface area contributed by atoms with Gasteiger partial charge in [-0.15, -0.1) is 24.0 Å². The van der Waals surface area contributed by atoms with Crippen LogP contribution in [-0.4, -0.2) is 50.6 Å². The fourth-order valence-corrected chi connectivity index (χ4v) is 3.95. The molecule has 5 heteroatoms. The van der Waals surface area contributed by atoms with E-state index in [-0.39, 0.29) is 24.0 Å². The lowest BCUT2D eigenvalue weighted by molar-refractivity contribution is 0.171. The van der Waals surface area contributed by atoms with Crippen LogP contribution in [0.5, 0.6) is 0 Å². The number of hydrogen-bond acceptors (Lipinski definition) is 2. The van der Waals surface area contributed by atoms with Gasteiger partial charge in [-0.2, -0.15) is 0 Å². The van der Waals surface area contributed by atoms with Gasteiger partial charge in [-0.3, -0.25) is 4.99 Å². The summed E-state index contributed by atoms with van der Waals surface area (Å²) in [5.74, 6) is 1.83. The van der Waals surface area contributed by atoms with Crippen LogP contribution in [0.4, 0.5) is 0 Å². The number of guanidine groups is 1. The number of halogens is 1.